The van der Waals surface area contributed by atoms with Crippen LogP contribution >= 0.6 is 0 Å². The molecule has 3 rings (SSSR count). The Hall–Kier alpha value is -2.18. The smallest absolute Gasteiger partial charge is 0.248 e. The molecule has 0 saturated carbocycles. The number of ether oxygens (including phenoxy) is 1. The summed E-state index contributed by atoms with van der Waals surface area (Å²) in [6.07, 6.45) is 0.158. The largest absolute Gasteiger partial charge is 0.359 e. The number of hydrogen-bond acceptors (Lipinski definition) is 4. The topological polar surface area (TPSA) is 63.7 Å². The van der Waals surface area contributed by atoms with E-state index in [-0.39, 0.29) is 36.2 Å². The summed E-state index contributed by atoms with van der Waals surface area (Å²) in [6, 6.07) is 19.3. The second kappa shape index (κ2) is 8.67. The summed E-state index contributed by atoms with van der Waals surface area (Å²) in [5.74, 6) is 0.0308. The molecule has 1 unspecified atom stereocenters. The fourth-order valence-electron chi connectivity index (χ4n) is 3.54. The maximum atomic E-state index is 12.7. The number of carbonyl (C=O) groups excluding carboxylic acids is 1. The number of likely N-dealkylation sites (N-methyl/N-ethyl adjacent to an activating group) is 1. The molecule has 1 saturated heterocycles. The van der Waals surface area contributed by atoms with Crippen molar-refractivity contribution in [3.05, 3.63) is 71.8 Å². The predicted octanol–water partition coefficient (Wildman–Crippen LogP) is 2.83. The van der Waals surface area contributed by atoms with E-state index in [0.717, 1.165) is 11.1 Å². The van der Waals surface area contributed by atoms with E-state index >= 15 is 0 Å². The van der Waals surface area contributed by atoms with E-state index in [2.05, 4.69) is 0 Å². The Morgan fingerprint density at radius 3 is 2.07 bits per heavy atom. The summed E-state index contributed by atoms with van der Waals surface area (Å²) in [4.78, 5) is 14.4. The third kappa shape index (κ3) is 4.96. The molecule has 0 radical (unpaired) electrons. The molecular weight excluding hydrogens is 362 g/mol. The average molecular weight is 388 g/mol. The SMILES string of the molecule is CCN(C(=O)COC(c1ccccc1)c1ccccc1)C1CCS(=O)(=O)C1. The van der Waals surface area contributed by atoms with E-state index in [4.69, 9.17) is 4.74 Å². The molecule has 0 aliphatic carbocycles. The second-order valence-corrected chi connectivity index (χ2v) is 8.98. The molecule has 1 heterocycles. The fraction of sp³-hybridized carbons (Fsp3) is 0.381. The highest BCUT2D eigenvalue weighted by Crippen LogP contribution is 2.26. The van der Waals surface area contributed by atoms with Crippen LogP contribution in [0.25, 0.3) is 0 Å². The van der Waals surface area contributed by atoms with Crippen LogP contribution in [0.5, 0.6) is 0 Å². The minimum atomic E-state index is -3.04. The molecule has 0 aromatic heterocycles. The number of hydrogen-bond donors (Lipinski definition) is 0. The van der Waals surface area contributed by atoms with Gasteiger partial charge in [-0.05, 0) is 24.5 Å². The monoisotopic (exact) mass is 387 g/mol. The van der Waals surface area contributed by atoms with Gasteiger partial charge < -0.3 is 9.64 Å². The van der Waals surface area contributed by atoms with Crippen molar-refractivity contribution in [1.82, 2.24) is 4.90 Å². The van der Waals surface area contributed by atoms with Crippen LogP contribution in [0.1, 0.15) is 30.6 Å². The Kier molecular flexibility index (Phi) is 6.29. The minimum Gasteiger partial charge on any atom is -0.359 e. The van der Waals surface area contributed by atoms with Crippen molar-refractivity contribution in [3.63, 3.8) is 0 Å². The molecular formula is C21H25NO4S. The van der Waals surface area contributed by atoms with Crippen LogP contribution in [0, 0.1) is 0 Å². The standard InChI is InChI=1S/C21H25NO4S/c1-2-22(19-13-14-27(24,25)16-19)20(23)15-26-21(17-9-5-3-6-10-17)18-11-7-4-8-12-18/h3-12,19,21H,2,13-16H2,1H3. The van der Waals surface area contributed by atoms with E-state index in [1.54, 1.807) is 4.90 Å². The second-order valence-electron chi connectivity index (χ2n) is 6.75. The van der Waals surface area contributed by atoms with Gasteiger partial charge in [0.2, 0.25) is 5.91 Å². The van der Waals surface area contributed by atoms with Crippen molar-refractivity contribution in [1.29, 1.82) is 0 Å². The van der Waals surface area contributed by atoms with E-state index in [9.17, 15) is 13.2 Å². The first-order chi connectivity index (χ1) is 13.0. The summed E-state index contributed by atoms with van der Waals surface area (Å²) in [5.41, 5.74) is 1.95. The highest BCUT2D eigenvalue weighted by Gasteiger charge is 2.34. The van der Waals surface area contributed by atoms with Crippen LogP contribution in [0.4, 0.5) is 0 Å². The highest BCUT2D eigenvalue weighted by atomic mass is 32.2. The zero-order valence-electron chi connectivity index (χ0n) is 15.5. The molecule has 1 atom stereocenters. The first-order valence-corrected chi connectivity index (χ1v) is 11.0. The Morgan fingerprint density at radius 1 is 1.07 bits per heavy atom. The number of carbonyl (C=O) groups is 1. The van der Waals surface area contributed by atoms with Crippen molar-refractivity contribution in [2.75, 3.05) is 24.7 Å². The number of nitrogens with zero attached hydrogens (tertiary/aromatic N) is 1. The van der Waals surface area contributed by atoms with Gasteiger partial charge in [0, 0.05) is 12.6 Å². The van der Waals surface area contributed by atoms with Crippen LogP contribution in [-0.2, 0) is 19.4 Å². The Morgan fingerprint density at radius 2 is 1.63 bits per heavy atom. The van der Waals surface area contributed by atoms with E-state index in [1.807, 2.05) is 67.6 Å². The molecule has 6 heteroatoms. The lowest BCUT2D eigenvalue weighted by Gasteiger charge is -2.28. The molecule has 1 fully saturated rings. The molecule has 0 N–H and O–H groups in total. The Labute approximate surface area is 160 Å². The summed E-state index contributed by atoms with van der Waals surface area (Å²) < 4.78 is 29.5. The minimum absolute atomic E-state index is 0.0490. The summed E-state index contributed by atoms with van der Waals surface area (Å²) in [5, 5.41) is 0. The van der Waals surface area contributed by atoms with Gasteiger partial charge in [0.05, 0.1) is 11.5 Å². The van der Waals surface area contributed by atoms with Gasteiger partial charge in [0.25, 0.3) is 0 Å². The molecule has 5 nitrogen and oxygen atoms in total. The number of rotatable bonds is 7. The van der Waals surface area contributed by atoms with Crippen LogP contribution < -0.4 is 0 Å². The number of benzene rings is 2. The van der Waals surface area contributed by atoms with Gasteiger partial charge in [0.15, 0.2) is 9.84 Å². The molecule has 1 aliphatic heterocycles. The Balaban J connectivity index is 1.72. The Bertz CT molecular complexity index is 813. The fourth-order valence-corrected chi connectivity index (χ4v) is 5.27. The lowest BCUT2D eigenvalue weighted by atomic mass is 10.0. The normalized spacial score (nSPS) is 18.5. The zero-order chi connectivity index (χ0) is 19.3. The third-order valence-electron chi connectivity index (χ3n) is 4.89. The maximum absolute atomic E-state index is 12.7. The van der Waals surface area contributed by atoms with Crippen molar-refractivity contribution in [2.45, 2.75) is 25.5 Å². The zero-order valence-corrected chi connectivity index (χ0v) is 16.3. The number of amides is 1. The van der Waals surface area contributed by atoms with Crippen molar-refractivity contribution >= 4 is 15.7 Å². The van der Waals surface area contributed by atoms with Crippen LogP contribution in [-0.4, -0.2) is 49.9 Å². The van der Waals surface area contributed by atoms with E-state index in [0.29, 0.717) is 13.0 Å². The molecule has 0 spiro atoms. The summed E-state index contributed by atoms with van der Waals surface area (Å²) in [6.45, 7) is 2.26. The lowest BCUT2D eigenvalue weighted by Crippen LogP contribution is -2.43. The van der Waals surface area contributed by atoms with Gasteiger partial charge in [-0.1, -0.05) is 60.7 Å². The molecule has 1 aliphatic rings. The lowest BCUT2D eigenvalue weighted by molar-refractivity contribution is -0.139. The van der Waals surface area contributed by atoms with Crippen molar-refractivity contribution in [2.24, 2.45) is 0 Å². The van der Waals surface area contributed by atoms with Gasteiger partial charge >= 0.3 is 0 Å². The number of sulfone groups is 1. The first kappa shape index (κ1) is 19.6. The molecule has 27 heavy (non-hydrogen) atoms. The maximum Gasteiger partial charge on any atom is 0.248 e. The van der Waals surface area contributed by atoms with Gasteiger partial charge in [-0.15, -0.1) is 0 Å². The highest BCUT2D eigenvalue weighted by molar-refractivity contribution is 7.91. The average Bonchev–Trinajstić information content (AvgIpc) is 3.04. The van der Waals surface area contributed by atoms with Crippen LogP contribution in [0.3, 0.4) is 0 Å². The molecule has 1 amide bonds. The van der Waals surface area contributed by atoms with Crippen LogP contribution in [0.15, 0.2) is 60.7 Å². The van der Waals surface area contributed by atoms with E-state index in [1.165, 1.54) is 0 Å². The summed E-state index contributed by atoms with van der Waals surface area (Å²) >= 11 is 0. The molecule has 0 bridgehead atoms. The molecule has 2 aromatic rings. The van der Waals surface area contributed by atoms with E-state index < -0.39 is 9.84 Å². The summed E-state index contributed by atoms with van der Waals surface area (Å²) in [7, 11) is -3.04. The first-order valence-electron chi connectivity index (χ1n) is 9.21. The molecule has 2 aromatic carbocycles. The predicted molar refractivity (Wildman–Crippen MR) is 105 cm³/mol. The quantitative estimate of drug-likeness (QED) is 0.733. The van der Waals surface area contributed by atoms with Gasteiger partial charge in [-0.25, -0.2) is 8.42 Å². The van der Waals surface area contributed by atoms with Crippen LogP contribution in [0.2, 0.25) is 0 Å². The van der Waals surface area contributed by atoms with Gasteiger partial charge in [-0.3, -0.25) is 4.79 Å². The van der Waals surface area contributed by atoms with Gasteiger partial charge in [-0.2, -0.15) is 0 Å². The van der Waals surface area contributed by atoms with Crippen molar-refractivity contribution in [3.8, 4) is 0 Å². The van der Waals surface area contributed by atoms with Gasteiger partial charge in [0.1, 0.15) is 12.7 Å². The van der Waals surface area contributed by atoms with Crippen molar-refractivity contribution < 1.29 is 17.9 Å². The third-order valence-corrected chi connectivity index (χ3v) is 6.64. The molecule has 144 valence electrons.